The van der Waals surface area contributed by atoms with Crippen LogP contribution in [0.3, 0.4) is 0 Å². The lowest BCUT2D eigenvalue weighted by Crippen LogP contribution is -2.08. The summed E-state index contributed by atoms with van der Waals surface area (Å²) in [6, 6.07) is 9.43. The number of nitrogens with zero attached hydrogens (tertiary/aromatic N) is 1. The molecule has 4 heteroatoms. The van der Waals surface area contributed by atoms with E-state index >= 15 is 0 Å². The second-order valence-electron chi connectivity index (χ2n) is 5.33. The zero-order chi connectivity index (χ0) is 17.2. The van der Waals surface area contributed by atoms with E-state index < -0.39 is 0 Å². The van der Waals surface area contributed by atoms with Gasteiger partial charge in [0.15, 0.2) is 11.5 Å². The third-order valence-corrected chi connectivity index (χ3v) is 3.40. The average molecular weight is 325 g/mol. The summed E-state index contributed by atoms with van der Waals surface area (Å²) in [5.41, 5.74) is 2.04. The standard InChI is InChI=1S/C20H23NO3/c1-3-5-6-20(22)24-18-10-9-17(15-19(18)23-4-2)8-7-16-11-13-21-14-12-16/h7-15H,3-6H2,1-2H3/b8-7+. The molecule has 0 saturated heterocycles. The van der Waals surface area contributed by atoms with E-state index in [1.165, 1.54) is 0 Å². The topological polar surface area (TPSA) is 48.4 Å². The molecule has 0 atom stereocenters. The molecule has 0 spiro atoms. The number of rotatable bonds is 8. The minimum Gasteiger partial charge on any atom is -0.490 e. The number of carbonyl (C=O) groups is 1. The maximum Gasteiger partial charge on any atom is 0.311 e. The van der Waals surface area contributed by atoms with Crippen molar-refractivity contribution >= 4 is 18.1 Å². The van der Waals surface area contributed by atoms with Crippen LogP contribution in [0.25, 0.3) is 12.2 Å². The highest BCUT2D eigenvalue weighted by Gasteiger charge is 2.10. The van der Waals surface area contributed by atoms with Crippen molar-refractivity contribution in [2.24, 2.45) is 0 Å². The number of ether oxygens (including phenoxy) is 2. The van der Waals surface area contributed by atoms with Gasteiger partial charge < -0.3 is 9.47 Å². The van der Waals surface area contributed by atoms with Gasteiger partial charge in [0.2, 0.25) is 0 Å². The van der Waals surface area contributed by atoms with Gasteiger partial charge in [-0.15, -0.1) is 0 Å². The van der Waals surface area contributed by atoms with E-state index in [0.29, 0.717) is 24.5 Å². The van der Waals surface area contributed by atoms with Gasteiger partial charge in [-0.25, -0.2) is 0 Å². The Balaban J connectivity index is 2.13. The molecule has 0 aliphatic carbocycles. The van der Waals surface area contributed by atoms with E-state index in [2.05, 4.69) is 4.98 Å². The van der Waals surface area contributed by atoms with Gasteiger partial charge in [0.1, 0.15) is 0 Å². The molecular formula is C20H23NO3. The van der Waals surface area contributed by atoms with Gasteiger partial charge in [-0.2, -0.15) is 0 Å². The predicted molar refractivity (Wildman–Crippen MR) is 95.9 cm³/mol. The van der Waals surface area contributed by atoms with Crippen molar-refractivity contribution in [1.29, 1.82) is 0 Å². The summed E-state index contributed by atoms with van der Waals surface area (Å²) < 4.78 is 11.0. The van der Waals surface area contributed by atoms with Gasteiger partial charge >= 0.3 is 5.97 Å². The summed E-state index contributed by atoms with van der Waals surface area (Å²) >= 11 is 0. The Morgan fingerprint density at radius 1 is 1.04 bits per heavy atom. The van der Waals surface area contributed by atoms with Crippen LogP contribution in [-0.4, -0.2) is 17.6 Å². The van der Waals surface area contributed by atoms with Crippen molar-refractivity contribution in [1.82, 2.24) is 4.98 Å². The lowest BCUT2D eigenvalue weighted by atomic mass is 10.1. The number of hydrogen-bond donors (Lipinski definition) is 0. The normalized spacial score (nSPS) is 10.8. The lowest BCUT2D eigenvalue weighted by molar-refractivity contribution is -0.134. The third-order valence-electron chi connectivity index (χ3n) is 3.40. The van der Waals surface area contributed by atoms with Crippen molar-refractivity contribution in [3.63, 3.8) is 0 Å². The molecule has 1 aromatic carbocycles. The van der Waals surface area contributed by atoms with E-state index in [1.54, 1.807) is 18.5 Å². The van der Waals surface area contributed by atoms with Gasteiger partial charge in [-0.3, -0.25) is 9.78 Å². The van der Waals surface area contributed by atoms with Crippen molar-refractivity contribution in [3.8, 4) is 11.5 Å². The molecule has 0 aliphatic rings. The van der Waals surface area contributed by atoms with Crippen molar-refractivity contribution < 1.29 is 14.3 Å². The second-order valence-corrected chi connectivity index (χ2v) is 5.33. The molecular weight excluding hydrogens is 302 g/mol. The van der Waals surface area contributed by atoms with Crippen molar-refractivity contribution in [2.45, 2.75) is 33.1 Å². The summed E-state index contributed by atoms with van der Waals surface area (Å²) in [5, 5.41) is 0. The maximum absolute atomic E-state index is 11.8. The third kappa shape index (κ3) is 5.54. The maximum atomic E-state index is 11.8. The molecule has 0 radical (unpaired) electrons. The Morgan fingerprint density at radius 3 is 2.50 bits per heavy atom. The number of hydrogen-bond acceptors (Lipinski definition) is 4. The zero-order valence-corrected chi connectivity index (χ0v) is 14.2. The van der Waals surface area contributed by atoms with Crippen LogP contribution in [0.1, 0.15) is 44.2 Å². The lowest BCUT2D eigenvalue weighted by Gasteiger charge is -2.11. The fraction of sp³-hybridized carbons (Fsp3) is 0.300. The summed E-state index contributed by atoms with van der Waals surface area (Å²) in [5.74, 6) is 0.830. The SMILES string of the molecule is CCCCC(=O)Oc1ccc(/C=C/c2ccncc2)cc1OCC. The van der Waals surface area contributed by atoms with Crippen LogP contribution in [-0.2, 0) is 4.79 Å². The molecule has 0 bridgehead atoms. The minimum atomic E-state index is -0.224. The van der Waals surface area contributed by atoms with Crippen LogP contribution in [0.2, 0.25) is 0 Å². The van der Waals surface area contributed by atoms with Crippen LogP contribution in [0.4, 0.5) is 0 Å². The van der Waals surface area contributed by atoms with Crippen LogP contribution >= 0.6 is 0 Å². The van der Waals surface area contributed by atoms with E-state index in [9.17, 15) is 4.79 Å². The first-order chi connectivity index (χ1) is 11.7. The number of benzene rings is 1. The number of esters is 1. The number of carbonyl (C=O) groups excluding carboxylic acids is 1. The highest BCUT2D eigenvalue weighted by molar-refractivity contribution is 5.75. The van der Waals surface area contributed by atoms with Gasteiger partial charge in [0.05, 0.1) is 6.61 Å². The molecule has 4 nitrogen and oxygen atoms in total. The zero-order valence-electron chi connectivity index (χ0n) is 14.2. The van der Waals surface area contributed by atoms with Gasteiger partial charge in [-0.1, -0.05) is 31.6 Å². The largest absolute Gasteiger partial charge is 0.490 e. The smallest absolute Gasteiger partial charge is 0.311 e. The van der Waals surface area contributed by atoms with Gasteiger partial charge in [0, 0.05) is 18.8 Å². The molecule has 0 N–H and O–H groups in total. The summed E-state index contributed by atoms with van der Waals surface area (Å²) in [6.45, 7) is 4.46. The fourth-order valence-electron chi connectivity index (χ4n) is 2.14. The molecule has 126 valence electrons. The molecule has 1 heterocycles. The van der Waals surface area contributed by atoms with E-state index in [0.717, 1.165) is 24.0 Å². The van der Waals surface area contributed by atoms with E-state index in [1.807, 2.05) is 50.3 Å². The average Bonchev–Trinajstić information content (AvgIpc) is 2.61. The quantitative estimate of drug-likeness (QED) is 0.519. The number of unbranched alkanes of at least 4 members (excludes halogenated alkanes) is 1. The first kappa shape index (κ1) is 17.7. The Hall–Kier alpha value is -2.62. The number of aromatic nitrogens is 1. The highest BCUT2D eigenvalue weighted by atomic mass is 16.6. The number of pyridine rings is 1. The Labute approximate surface area is 143 Å². The fourth-order valence-corrected chi connectivity index (χ4v) is 2.14. The predicted octanol–water partition coefficient (Wildman–Crippen LogP) is 4.75. The van der Waals surface area contributed by atoms with Crippen LogP contribution in [0.15, 0.2) is 42.7 Å². The van der Waals surface area contributed by atoms with Gasteiger partial charge in [-0.05, 0) is 48.7 Å². The molecule has 24 heavy (non-hydrogen) atoms. The molecule has 0 unspecified atom stereocenters. The van der Waals surface area contributed by atoms with Crippen molar-refractivity contribution in [2.75, 3.05) is 6.61 Å². The summed E-state index contributed by atoms with van der Waals surface area (Å²) in [7, 11) is 0. The molecule has 0 amide bonds. The van der Waals surface area contributed by atoms with Crippen LogP contribution < -0.4 is 9.47 Å². The monoisotopic (exact) mass is 325 g/mol. The molecule has 2 aromatic rings. The second kappa shape index (κ2) is 9.50. The van der Waals surface area contributed by atoms with E-state index in [4.69, 9.17) is 9.47 Å². The summed E-state index contributed by atoms with van der Waals surface area (Å²) in [4.78, 5) is 15.8. The Morgan fingerprint density at radius 2 is 1.79 bits per heavy atom. The van der Waals surface area contributed by atoms with Gasteiger partial charge in [0.25, 0.3) is 0 Å². The van der Waals surface area contributed by atoms with Crippen molar-refractivity contribution in [3.05, 3.63) is 53.9 Å². The summed E-state index contributed by atoms with van der Waals surface area (Å²) in [6.07, 6.45) is 9.71. The Kier molecular flexibility index (Phi) is 7.02. The molecule has 0 fully saturated rings. The van der Waals surface area contributed by atoms with Crippen LogP contribution in [0, 0.1) is 0 Å². The first-order valence-electron chi connectivity index (χ1n) is 8.28. The highest BCUT2D eigenvalue weighted by Crippen LogP contribution is 2.29. The molecule has 2 rings (SSSR count). The first-order valence-corrected chi connectivity index (χ1v) is 8.28. The van der Waals surface area contributed by atoms with Crippen LogP contribution in [0.5, 0.6) is 11.5 Å². The molecule has 0 saturated carbocycles. The minimum absolute atomic E-state index is 0.224. The Bertz CT molecular complexity index is 681. The molecule has 1 aromatic heterocycles. The molecule has 0 aliphatic heterocycles. The van der Waals surface area contributed by atoms with E-state index in [-0.39, 0.29) is 5.97 Å².